The van der Waals surface area contributed by atoms with Crippen molar-refractivity contribution in [3.8, 4) is 12.3 Å². The van der Waals surface area contributed by atoms with Crippen LogP contribution in [-0.4, -0.2) is 11.9 Å². The molecule has 1 unspecified atom stereocenters. The van der Waals surface area contributed by atoms with Crippen LogP contribution in [0.3, 0.4) is 0 Å². The number of rotatable bonds is 5. The Bertz CT molecular complexity index is 259. The summed E-state index contributed by atoms with van der Waals surface area (Å²) in [6, 6.07) is 0.165. The van der Waals surface area contributed by atoms with E-state index in [1.54, 1.807) is 0 Å². The van der Waals surface area contributed by atoms with Crippen molar-refractivity contribution in [2.45, 2.75) is 70.8 Å². The van der Waals surface area contributed by atoms with Gasteiger partial charge in [0.05, 0.1) is 0 Å². The molecule has 1 fully saturated rings. The number of amides is 1. The maximum Gasteiger partial charge on any atom is 0.220 e. The summed E-state index contributed by atoms with van der Waals surface area (Å²) >= 11 is 0. The molecular weight excluding hydrogens is 210 g/mol. The molecule has 0 aromatic carbocycles. The lowest BCUT2D eigenvalue weighted by molar-refractivity contribution is -0.122. The molecule has 0 aliphatic heterocycles. The van der Waals surface area contributed by atoms with Crippen LogP contribution in [0.15, 0.2) is 0 Å². The maximum atomic E-state index is 11.9. The van der Waals surface area contributed by atoms with Crippen molar-refractivity contribution in [2.24, 2.45) is 5.92 Å². The van der Waals surface area contributed by atoms with Crippen LogP contribution in [0.5, 0.6) is 0 Å². The van der Waals surface area contributed by atoms with E-state index in [9.17, 15) is 4.79 Å². The minimum absolute atomic E-state index is 0.165. The van der Waals surface area contributed by atoms with Crippen molar-refractivity contribution in [2.75, 3.05) is 0 Å². The Balaban J connectivity index is 2.29. The Morgan fingerprint density at radius 3 is 2.53 bits per heavy atom. The van der Waals surface area contributed by atoms with Gasteiger partial charge in [0.15, 0.2) is 0 Å². The summed E-state index contributed by atoms with van der Waals surface area (Å²) in [6.07, 6.45) is 15.2. The highest BCUT2D eigenvalue weighted by atomic mass is 16.1. The first-order chi connectivity index (χ1) is 8.26. The Labute approximate surface area is 106 Å². The van der Waals surface area contributed by atoms with E-state index < -0.39 is 0 Å². The molecule has 2 heteroatoms. The Morgan fingerprint density at radius 1 is 1.35 bits per heavy atom. The zero-order chi connectivity index (χ0) is 12.5. The summed E-state index contributed by atoms with van der Waals surface area (Å²) in [4.78, 5) is 11.9. The van der Waals surface area contributed by atoms with Crippen molar-refractivity contribution >= 4 is 5.91 Å². The highest BCUT2D eigenvalue weighted by molar-refractivity contribution is 5.76. The molecule has 0 heterocycles. The number of terminal acetylenes is 1. The van der Waals surface area contributed by atoms with Gasteiger partial charge in [-0.1, -0.05) is 32.6 Å². The molecule has 1 saturated carbocycles. The molecular formula is C15H25NO. The van der Waals surface area contributed by atoms with Gasteiger partial charge in [0.25, 0.3) is 0 Å². The first-order valence-corrected chi connectivity index (χ1v) is 6.99. The van der Waals surface area contributed by atoms with Crippen molar-refractivity contribution < 1.29 is 4.79 Å². The van der Waals surface area contributed by atoms with Gasteiger partial charge in [-0.25, -0.2) is 0 Å². The van der Waals surface area contributed by atoms with Gasteiger partial charge in [-0.3, -0.25) is 4.79 Å². The molecule has 0 bridgehead atoms. The number of carbonyl (C=O) groups excluding carboxylic acids is 1. The summed E-state index contributed by atoms with van der Waals surface area (Å²) in [5.41, 5.74) is 0. The highest BCUT2D eigenvalue weighted by Gasteiger charge is 2.17. The Hall–Kier alpha value is -0.970. The van der Waals surface area contributed by atoms with Crippen LogP contribution < -0.4 is 5.32 Å². The van der Waals surface area contributed by atoms with E-state index in [1.807, 2.05) is 0 Å². The summed E-state index contributed by atoms with van der Waals surface area (Å²) in [5.74, 6) is 3.41. The van der Waals surface area contributed by atoms with Crippen LogP contribution in [0.25, 0.3) is 0 Å². The molecule has 96 valence electrons. The molecule has 1 aliphatic carbocycles. The van der Waals surface area contributed by atoms with Crippen molar-refractivity contribution in [3.63, 3.8) is 0 Å². The highest BCUT2D eigenvalue weighted by Crippen LogP contribution is 2.25. The van der Waals surface area contributed by atoms with E-state index in [0.29, 0.717) is 18.8 Å². The quantitative estimate of drug-likeness (QED) is 0.575. The van der Waals surface area contributed by atoms with Gasteiger partial charge in [0, 0.05) is 18.9 Å². The lowest BCUT2D eigenvalue weighted by Gasteiger charge is -2.17. The van der Waals surface area contributed by atoms with Crippen LogP contribution in [-0.2, 0) is 4.79 Å². The van der Waals surface area contributed by atoms with Gasteiger partial charge in [0.2, 0.25) is 5.91 Å². The zero-order valence-electron chi connectivity index (χ0n) is 11.0. The summed E-state index contributed by atoms with van der Waals surface area (Å²) in [5, 5.41) is 3.05. The maximum absolute atomic E-state index is 11.9. The van der Waals surface area contributed by atoms with E-state index in [-0.39, 0.29) is 11.9 Å². The van der Waals surface area contributed by atoms with E-state index >= 15 is 0 Å². The fourth-order valence-corrected chi connectivity index (χ4v) is 2.56. The van der Waals surface area contributed by atoms with Crippen molar-refractivity contribution in [1.29, 1.82) is 0 Å². The predicted molar refractivity (Wildman–Crippen MR) is 71.5 cm³/mol. The third-order valence-corrected chi connectivity index (χ3v) is 3.67. The summed E-state index contributed by atoms with van der Waals surface area (Å²) in [6.45, 7) is 2.06. The summed E-state index contributed by atoms with van der Waals surface area (Å²) in [7, 11) is 0. The second kappa shape index (κ2) is 8.17. The van der Waals surface area contributed by atoms with Gasteiger partial charge in [-0.05, 0) is 25.2 Å². The largest absolute Gasteiger partial charge is 0.352 e. The molecule has 0 radical (unpaired) electrons. The molecule has 0 saturated heterocycles. The fraction of sp³-hybridized carbons (Fsp3) is 0.800. The van der Waals surface area contributed by atoms with E-state index in [4.69, 9.17) is 6.42 Å². The molecule has 17 heavy (non-hydrogen) atoms. The van der Waals surface area contributed by atoms with Crippen molar-refractivity contribution in [1.82, 2.24) is 5.32 Å². The topological polar surface area (TPSA) is 29.1 Å². The molecule has 0 aromatic heterocycles. The fourth-order valence-electron chi connectivity index (χ4n) is 2.56. The standard InChI is InChI=1S/C15H25NO/c1-3-9-14(4-2)16-15(17)12-13-10-7-5-6-8-11-13/h1,13-14H,4-12H2,2H3,(H,16,17). The monoisotopic (exact) mass is 235 g/mol. The molecule has 1 aliphatic rings. The molecule has 1 amide bonds. The molecule has 0 spiro atoms. The van der Waals surface area contributed by atoms with Gasteiger partial charge in [-0.2, -0.15) is 0 Å². The van der Waals surface area contributed by atoms with Gasteiger partial charge < -0.3 is 5.32 Å². The SMILES string of the molecule is C#CCC(CC)NC(=O)CC1CCCCCC1. The first kappa shape index (κ1) is 14.1. The third kappa shape index (κ3) is 5.77. The minimum Gasteiger partial charge on any atom is -0.352 e. The molecule has 2 nitrogen and oxygen atoms in total. The zero-order valence-corrected chi connectivity index (χ0v) is 11.0. The lowest BCUT2D eigenvalue weighted by Crippen LogP contribution is -2.35. The molecule has 0 aromatic rings. The number of nitrogens with one attached hydrogen (secondary N) is 1. The second-order valence-electron chi connectivity index (χ2n) is 5.14. The average Bonchev–Trinajstić information content (AvgIpc) is 2.57. The van der Waals surface area contributed by atoms with Crippen LogP contribution >= 0.6 is 0 Å². The van der Waals surface area contributed by atoms with Gasteiger partial charge >= 0.3 is 0 Å². The number of hydrogen-bond donors (Lipinski definition) is 1. The minimum atomic E-state index is 0.165. The van der Waals surface area contributed by atoms with Gasteiger partial charge in [-0.15, -0.1) is 12.3 Å². The van der Waals surface area contributed by atoms with E-state index in [0.717, 1.165) is 6.42 Å². The van der Waals surface area contributed by atoms with Crippen LogP contribution in [0, 0.1) is 18.3 Å². The van der Waals surface area contributed by atoms with E-state index in [1.165, 1.54) is 38.5 Å². The summed E-state index contributed by atoms with van der Waals surface area (Å²) < 4.78 is 0. The smallest absolute Gasteiger partial charge is 0.220 e. The Kier molecular flexibility index (Phi) is 6.77. The normalized spacial score (nSPS) is 19.1. The van der Waals surface area contributed by atoms with E-state index in [2.05, 4.69) is 18.2 Å². The van der Waals surface area contributed by atoms with Crippen LogP contribution in [0.4, 0.5) is 0 Å². The van der Waals surface area contributed by atoms with Crippen LogP contribution in [0.2, 0.25) is 0 Å². The van der Waals surface area contributed by atoms with Crippen molar-refractivity contribution in [3.05, 3.63) is 0 Å². The number of hydrogen-bond acceptors (Lipinski definition) is 1. The molecule has 1 rings (SSSR count). The predicted octanol–water partition coefficient (Wildman–Crippen LogP) is 3.27. The third-order valence-electron chi connectivity index (χ3n) is 3.67. The second-order valence-corrected chi connectivity index (χ2v) is 5.14. The molecule has 1 atom stereocenters. The number of carbonyl (C=O) groups is 1. The van der Waals surface area contributed by atoms with Crippen LogP contribution in [0.1, 0.15) is 64.7 Å². The van der Waals surface area contributed by atoms with Gasteiger partial charge in [0.1, 0.15) is 0 Å². The first-order valence-electron chi connectivity index (χ1n) is 6.99. The average molecular weight is 235 g/mol. The molecule has 1 N–H and O–H groups in total. The lowest BCUT2D eigenvalue weighted by atomic mass is 9.96. The Morgan fingerprint density at radius 2 is 2.00 bits per heavy atom.